The largest absolute Gasteiger partial charge is 0.322 e. The van der Waals surface area contributed by atoms with Gasteiger partial charge in [0.15, 0.2) is 0 Å². The monoisotopic (exact) mass is 373 g/mol. The highest BCUT2D eigenvalue weighted by atomic mass is 79.9. The van der Waals surface area contributed by atoms with E-state index < -0.39 is 0 Å². The number of carbonyl (C=O) groups is 1. The molecule has 0 unspecified atom stereocenters. The number of carbonyl (C=O) groups excluding carboxylic acids is 1. The van der Waals surface area contributed by atoms with Crippen LogP contribution < -0.4 is 5.32 Å². The van der Waals surface area contributed by atoms with E-state index in [1.54, 1.807) is 48.3 Å². The zero-order valence-electron chi connectivity index (χ0n) is 12.3. The number of amides is 1. The lowest BCUT2D eigenvalue weighted by Gasteiger charge is -2.09. The number of rotatable bonds is 3. The van der Waals surface area contributed by atoms with Crippen LogP contribution in [0.1, 0.15) is 15.9 Å². The first-order valence-corrected chi connectivity index (χ1v) is 7.70. The fourth-order valence-electron chi connectivity index (χ4n) is 2.19. The van der Waals surface area contributed by atoms with E-state index in [0.717, 1.165) is 10.2 Å². The van der Waals surface area contributed by atoms with Crippen molar-refractivity contribution in [2.45, 2.75) is 6.92 Å². The Morgan fingerprint density at radius 2 is 2.09 bits per heavy atom. The number of hydrogen-bond acceptors (Lipinski definition) is 2. The molecule has 0 fully saturated rings. The first-order chi connectivity index (χ1) is 11.0. The van der Waals surface area contributed by atoms with Crippen molar-refractivity contribution in [2.24, 2.45) is 0 Å². The molecule has 0 bridgehead atoms. The van der Waals surface area contributed by atoms with E-state index in [0.29, 0.717) is 16.8 Å². The smallest absolute Gasteiger partial charge is 0.255 e. The van der Waals surface area contributed by atoms with Gasteiger partial charge >= 0.3 is 0 Å². The van der Waals surface area contributed by atoms with Crippen LogP contribution in [0.2, 0.25) is 0 Å². The highest BCUT2D eigenvalue weighted by molar-refractivity contribution is 9.10. The van der Waals surface area contributed by atoms with Gasteiger partial charge in [0.05, 0.1) is 16.4 Å². The predicted molar refractivity (Wildman–Crippen MR) is 90.4 cm³/mol. The average Bonchev–Trinajstić information content (AvgIpc) is 2.97. The van der Waals surface area contributed by atoms with Crippen LogP contribution in [-0.2, 0) is 0 Å². The molecule has 1 heterocycles. The summed E-state index contributed by atoms with van der Waals surface area (Å²) in [7, 11) is 0. The van der Waals surface area contributed by atoms with Crippen molar-refractivity contribution in [3.05, 3.63) is 76.3 Å². The molecule has 1 aromatic heterocycles. The van der Waals surface area contributed by atoms with Crippen LogP contribution in [0.25, 0.3) is 5.69 Å². The molecule has 0 aliphatic carbocycles. The number of hydrogen-bond donors (Lipinski definition) is 1. The van der Waals surface area contributed by atoms with E-state index >= 15 is 0 Å². The van der Waals surface area contributed by atoms with Crippen molar-refractivity contribution < 1.29 is 9.18 Å². The Hall–Kier alpha value is -2.47. The standard InChI is InChI=1S/C17H13BrFN3O/c1-11-7-14(19)5-6-16(11)21-17(23)12-3-2-4-15(8-12)22-10-13(18)9-20-22/h2-10H,1H3,(H,21,23). The Morgan fingerprint density at radius 3 is 2.78 bits per heavy atom. The number of nitrogens with zero attached hydrogens (tertiary/aromatic N) is 2. The molecule has 3 rings (SSSR count). The molecule has 0 atom stereocenters. The van der Waals surface area contributed by atoms with Gasteiger partial charge in [0.2, 0.25) is 0 Å². The van der Waals surface area contributed by atoms with Crippen LogP contribution in [-0.4, -0.2) is 15.7 Å². The number of halogens is 2. The van der Waals surface area contributed by atoms with Crippen molar-refractivity contribution in [3.8, 4) is 5.69 Å². The maximum atomic E-state index is 13.1. The van der Waals surface area contributed by atoms with E-state index in [2.05, 4.69) is 26.3 Å². The van der Waals surface area contributed by atoms with Gasteiger partial charge in [0, 0.05) is 17.4 Å². The maximum absolute atomic E-state index is 13.1. The third-order valence-corrected chi connectivity index (χ3v) is 3.77. The van der Waals surface area contributed by atoms with Gasteiger partial charge in [-0.15, -0.1) is 0 Å². The lowest BCUT2D eigenvalue weighted by Crippen LogP contribution is -2.13. The van der Waals surface area contributed by atoms with E-state index in [9.17, 15) is 9.18 Å². The SMILES string of the molecule is Cc1cc(F)ccc1NC(=O)c1cccc(-n2cc(Br)cn2)c1. The summed E-state index contributed by atoms with van der Waals surface area (Å²) >= 11 is 3.34. The van der Waals surface area contributed by atoms with Crippen LogP contribution in [0.3, 0.4) is 0 Å². The minimum Gasteiger partial charge on any atom is -0.322 e. The number of nitrogens with one attached hydrogen (secondary N) is 1. The first kappa shape index (κ1) is 15.4. The van der Waals surface area contributed by atoms with Gasteiger partial charge < -0.3 is 5.32 Å². The van der Waals surface area contributed by atoms with Gasteiger partial charge in [0.1, 0.15) is 5.82 Å². The van der Waals surface area contributed by atoms with Crippen LogP contribution in [0.4, 0.5) is 10.1 Å². The molecule has 116 valence electrons. The summed E-state index contributed by atoms with van der Waals surface area (Å²) in [6.07, 6.45) is 3.48. The van der Waals surface area contributed by atoms with Gasteiger partial charge in [-0.1, -0.05) is 6.07 Å². The second-order valence-electron chi connectivity index (χ2n) is 5.07. The highest BCUT2D eigenvalue weighted by Gasteiger charge is 2.10. The van der Waals surface area contributed by atoms with Crippen molar-refractivity contribution >= 4 is 27.5 Å². The molecular weight excluding hydrogens is 361 g/mol. The van der Waals surface area contributed by atoms with Crippen LogP contribution >= 0.6 is 15.9 Å². The van der Waals surface area contributed by atoms with E-state index in [-0.39, 0.29) is 11.7 Å². The summed E-state index contributed by atoms with van der Waals surface area (Å²) in [6.45, 7) is 1.75. The Labute approximate surface area is 141 Å². The molecule has 2 aromatic carbocycles. The number of anilines is 1. The minimum absolute atomic E-state index is 0.257. The number of benzene rings is 2. The first-order valence-electron chi connectivity index (χ1n) is 6.91. The maximum Gasteiger partial charge on any atom is 0.255 e. The molecule has 0 spiro atoms. The topological polar surface area (TPSA) is 46.9 Å². The lowest BCUT2D eigenvalue weighted by molar-refractivity contribution is 0.102. The zero-order valence-corrected chi connectivity index (χ0v) is 13.8. The van der Waals surface area contributed by atoms with Gasteiger partial charge in [-0.3, -0.25) is 4.79 Å². The van der Waals surface area contributed by atoms with Crippen molar-refractivity contribution in [1.82, 2.24) is 9.78 Å². The fourth-order valence-corrected chi connectivity index (χ4v) is 2.48. The number of aryl methyl sites for hydroxylation is 1. The molecule has 23 heavy (non-hydrogen) atoms. The Balaban J connectivity index is 1.85. The van der Waals surface area contributed by atoms with E-state index in [1.807, 2.05) is 6.07 Å². The summed E-state index contributed by atoms with van der Waals surface area (Å²) in [4.78, 5) is 12.4. The summed E-state index contributed by atoms with van der Waals surface area (Å²) in [5.41, 5.74) is 2.53. The summed E-state index contributed by atoms with van der Waals surface area (Å²) in [6, 6.07) is 11.4. The van der Waals surface area contributed by atoms with Gasteiger partial charge in [-0.25, -0.2) is 9.07 Å². The second kappa shape index (κ2) is 6.34. The Kier molecular flexibility index (Phi) is 4.25. The Morgan fingerprint density at radius 1 is 1.26 bits per heavy atom. The second-order valence-corrected chi connectivity index (χ2v) is 5.98. The van der Waals surface area contributed by atoms with Gasteiger partial charge in [-0.05, 0) is 64.8 Å². The van der Waals surface area contributed by atoms with E-state index in [4.69, 9.17) is 0 Å². The molecule has 1 amide bonds. The molecule has 0 saturated heterocycles. The van der Waals surface area contributed by atoms with Crippen molar-refractivity contribution in [1.29, 1.82) is 0 Å². The third kappa shape index (κ3) is 3.48. The van der Waals surface area contributed by atoms with E-state index in [1.165, 1.54) is 12.1 Å². The highest BCUT2D eigenvalue weighted by Crippen LogP contribution is 2.18. The molecule has 6 heteroatoms. The third-order valence-electron chi connectivity index (χ3n) is 3.36. The average molecular weight is 374 g/mol. The lowest BCUT2D eigenvalue weighted by atomic mass is 10.1. The quantitative estimate of drug-likeness (QED) is 0.742. The van der Waals surface area contributed by atoms with Crippen LogP contribution in [0.5, 0.6) is 0 Å². The predicted octanol–water partition coefficient (Wildman–Crippen LogP) is 4.33. The molecule has 0 aliphatic heterocycles. The normalized spacial score (nSPS) is 10.6. The summed E-state index contributed by atoms with van der Waals surface area (Å²) in [5.74, 6) is -0.584. The van der Waals surface area contributed by atoms with Crippen molar-refractivity contribution in [2.75, 3.05) is 5.32 Å². The zero-order chi connectivity index (χ0) is 16.4. The van der Waals surface area contributed by atoms with Crippen molar-refractivity contribution in [3.63, 3.8) is 0 Å². The van der Waals surface area contributed by atoms with Gasteiger partial charge in [0.25, 0.3) is 5.91 Å². The molecule has 0 radical (unpaired) electrons. The molecule has 0 aliphatic rings. The molecule has 4 nitrogen and oxygen atoms in total. The summed E-state index contributed by atoms with van der Waals surface area (Å²) < 4.78 is 15.7. The molecule has 3 aromatic rings. The fraction of sp³-hybridized carbons (Fsp3) is 0.0588. The van der Waals surface area contributed by atoms with Gasteiger partial charge in [-0.2, -0.15) is 5.10 Å². The minimum atomic E-state index is -0.327. The number of aromatic nitrogens is 2. The van der Waals surface area contributed by atoms with Crippen LogP contribution in [0, 0.1) is 12.7 Å². The molecule has 1 N–H and O–H groups in total. The van der Waals surface area contributed by atoms with Crippen LogP contribution in [0.15, 0.2) is 59.3 Å². The molecule has 0 saturated carbocycles. The summed E-state index contributed by atoms with van der Waals surface area (Å²) in [5, 5.41) is 6.98. The Bertz CT molecular complexity index is 876. The molecular formula is C17H13BrFN3O.